The van der Waals surface area contributed by atoms with Gasteiger partial charge in [0.05, 0.1) is 14.2 Å². The summed E-state index contributed by atoms with van der Waals surface area (Å²) in [6, 6.07) is 21.7. The molecule has 0 amide bonds. The molecule has 0 radical (unpaired) electrons. The standard InChI is InChI=1S/C28H20N2O6/c1-32-19-9-11-22-20(15-19)21(26-28(31)36-27(30-26)17-6-4-3-5-7-17)16-24(35-22)18-8-10-23(34-13-12-29)25(14-18)33-2/h3-11,14-16H,13H2,1-2H3/b26-21-. The molecule has 0 fully saturated rings. The van der Waals surface area contributed by atoms with Gasteiger partial charge in [-0.15, -0.1) is 0 Å². The second-order valence-electron chi connectivity index (χ2n) is 7.72. The van der Waals surface area contributed by atoms with Crippen molar-refractivity contribution in [3.8, 4) is 29.1 Å². The molecule has 0 N–H and O–H groups in total. The second kappa shape index (κ2) is 9.68. The first-order chi connectivity index (χ1) is 17.6. The molecule has 5 rings (SSSR count). The van der Waals surface area contributed by atoms with E-state index in [0.29, 0.717) is 51.0 Å². The van der Waals surface area contributed by atoms with Crippen LogP contribution in [0, 0.1) is 11.3 Å². The van der Waals surface area contributed by atoms with E-state index >= 15 is 0 Å². The molecule has 3 aromatic carbocycles. The minimum absolute atomic E-state index is 0.107. The van der Waals surface area contributed by atoms with Crippen LogP contribution < -0.4 is 18.9 Å². The topological polar surface area (TPSA) is 99.4 Å². The monoisotopic (exact) mass is 480 g/mol. The van der Waals surface area contributed by atoms with Crippen molar-refractivity contribution in [1.82, 2.24) is 0 Å². The highest BCUT2D eigenvalue weighted by atomic mass is 16.6. The van der Waals surface area contributed by atoms with Gasteiger partial charge in [0.15, 0.2) is 23.8 Å². The summed E-state index contributed by atoms with van der Waals surface area (Å²) in [6.45, 7) is -0.107. The Bertz CT molecular complexity index is 1480. The molecule has 8 nitrogen and oxygen atoms in total. The van der Waals surface area contributed by atoms with Crippen LogP contribution in [-0.2, 0) is 9.53 Å². The van der Waals surface area contributed by atoms with Gasteiger partial charge in [0.25, 0.3) is 0 Å². The Kier molecular flexibility index (Phi) is 6.12. The number of methoxy groups -OCH3 is 2. The number of carbonyl (C=O) groups is 1. The van der Waals surface area contributed by atoms with Gasteiger partial charge in [-0.25, -0.2) is 9.79 Å². The Hall–Kier alpha value is -5.03. The first-order valence-corrected chi connectivity index (χ1v) is 11.0. The summed E-state index contributed by atoms with van der Waals surface area (Å²) in [5.74, 6) is 2.13. The number of hydrogen-bond acceptors (Lipinski definition) is 8. The maximum atomic E-state index is 13.0. The van der Waals surface area contributed by atoms with Crippen LogP contribution in [-0.4, -0.2) is 32.7 Å². The van der Waals surface area contributed by atoms with Crippen molar-refractivity contribution in [2.45, 2.75) is 0 Å². The predicted molar refractivity (Wildman–Crippen MR) is 132 cm³/mol. The summed E-state index contributed by atoms with van der Waals surface area (Å²) in [4.78, 5) is 17.5. The molecular formula is C28H20N2O6. The average Bonchev–Trinajstić information content (AvgIpc) is 3.32. The van der Waals surface area contributed by atoms with Crippen LogP contribution in [0.5, 0.6) is 23.0 Å². The molecule has 0 aromatic heterocycles. The average molecular weight is 480 g/mol. The third-order valence-corrected chi connectivity index (χ3v) is 5.58. The lowest BCUT2D eigenvalue weighted by Crippen LogP contribution is -2.09. The van der Waals surface area contributed by atoms with Crippen LogP contribution in [0.4, 0.5) is 0 Å². The summed E-state index contributed by atoms with van der Waals surface area (Å²) in [5.41, 5.74) is 2.70. The molecule has 2 heterocycles. The van der Waals surface area contributed by atoms with Gasteiger partial charge >= 0.3 is 5.97 Å². The van der Waals surface area contributed by atoms with Crippen molar-refractivity contribution in [1.29, 1.82) is 5.26 Å². The Morgan fingerprint density at radius 3 is 2.50 bits per heavy atom. The number of nitrogens with zero attached hydrogens (tertiary/aromatic N) is 2. The van der Waals surface area contributed by atoms with Crippen LogP contribution in [0.2, 0.25) is 0 Å². The van der Waals surface area contributed by atoms with Gasteiger partial charge in [-0.05, 0) is 54.6 Å². The van der Waals surface area contributed by atoms with Crippen molar-refractivity contribution < 1.29 is 28.5 Å². The van der Waals surface area contributed by atoms with Crippen molar-refractivity contribution in [2.24, 2.45) is 4.99 Å². The van der Waals surface area contributed by atoms with E-state index < -0.39 is 5.97 Å². The molecule has 36 heavy (non-hydrogen) atoms. The zero-order chi connectivity index (χ0) is 25.1. The summed E-state index contributed by atoms with van der Waals surface area (Å²) < 4.78 is 28.0. The number of esters is 1. The van der Waals surface area contributed by atoms with E-state index in [-0.39, 0.29) is 18.2 Å². The number of hydrogen-bond donors (Lipinski definition) is 0. The SMILES string of the molecule is COc1ccc2c(c1)/C(=C1\N=C(c3ccccc3)OC1=O)C=C(c1ccc(OCC#N)c(OC)c1)O2. The molecule has 8 heteroatoms. The van der Waals surface area contributed by atoms with Crippen LogP contribution >= 0.6 is 0 Å². The number of rotatable bonds is 6. The molecule has 0 atom stereocenters. The third-order valence-electron chi connectivity index (χ3n) is 5.58. The molecule has 2 aliphatic rings. The first kappa shape index (κ1) is 22.7. The maximum Gasteiger partial charge on any atom is 0.364 e. The quantitative estimate of drug-likeness (QED) is 0.371. The number of carbonyl (C=O) groups excluding carboxylic acids is 1. The summed E-state index contributed by atoms with van der Waals surface area (Å²) in [7, 11) is 3.08. The maximum absolute atomic E-state index is 13.0. The molecule has 0 aliphatic carbocycles. The van der Waals surface area contributed by atoms with Crippen LogP contribution in [0.3, 0.4) is 0 Å². The lowest BCUT2D eigenvalue weighted by molar-refractivity contribution is -0.129. The van der Waals surface area contributed by atoms with Crippen LogP contribution in [0.1, 0.15) is 16.7 Å². The van der Waals surface area contributed by atoms with Crippen molar-refractivity contribution in [2.75, 3.05) is 20.8 Å². The molecule has 0 saturated carbocycles. The summed E-state index contributed by atoms with van der Waals surface area (Å²) in [5, 5.41) is 8.82. The van der Waals surface area contributed by atoms with Crippen LogP contribution in [0.25, 0.3) is 11.3 Å². The van der Waals surface area contributed by atoms with Crippen molar-refractivity contribution in [3.05, 3.63) is 95.2 Å². The molecular weight excluding hydrogens is 460 g/mol. The fraction of sp³-hybridized carbons (Fsp3) is 0.107. The van der Waals surface area contributed by atoms with Gasteiger partial charge in [0.1, 0.15) is 23.3 Å². The van der Waals surface area contributed by atoms with Gasteiger partial charge in [0, 0.05) is 22.3 Å². The van der Waals surface area contributed by atoms with Crippen molar-refractivity contribution >= 4 is 23.2 Å². The number of aliphatic imine (C=N–C) groups is 1. The Morgan fingerprint density at radius 2 is 1.75 bits per heavy atom. The molecule has 0 saturated heterocycles. The van der Waals surface area contributed by atoms with Crippen LogP contribution in [0.15, 0.2) is 83.5 Å². The predicted octanol–water partition coefficient (Wildman–Crippen LogP) is 4.75. The molecule has 0 bridgehead atoms. The fourth-order valence-corrected chi connectivity index (χ4v) is 3.86. The molecule has 0 unspecified atom stereocenters. The molecule has 2 aliphatic heterocycles. The van der Waals surface area contributed by atoms with E-state index in [1.807, 2.05) is 36.4 Å². The van der Waals surface area contributed by atoms with Gasteiger partial charge in [-0.3, -0.25) is 0 Å². The lowest BCUT2D eigenvalue weighted by atomic mass is 9.97. The lowest BCUT2D eigenvalue weighted by Gasteiger charge is -2.22. The van der Waals surface area contributed by atoms with Crippen molar-refractivity contribution in [3.63, 3.8) is 0 Å². The van der Waals surface area contributed by atoms with E-state index in [9.17, 15) is 4.79 Å². The summed E-state index contributed by atoms with van der Waals surface area (Å²) >= 11 is 0. The summed E-state index contributed by atoms with van der Waals surface area (Å²) in [6.07, 6.45) is 1.74. The highest BCUT2D eigenvalue weighted by molar-refractivity contribution is 6.15. The number of allylic oxidation sites excluding steroid dienone is 2. The smallest absolute Gasteiger partial charge is 0.364 e. The Balaban J connectivity index is 1.65. The molecule has 3 aromatic rings. The zero-order valence-corrected chi connectivity index (χ0v) is 19.5. The molecule has 0 spiro atoms. The zero-order valence-electron chi connectivity index (χ0n) is 19.5. The minimum atomic E-state index is -0.562. The number of fused-ring (bicyclic) bond motifs is 1. The van der Waals surface area contributed by atoms with E-state index in [2.05, 4.69) is 4.99 Å². The number of cyclic esters (lactones) is 1. The Labute approximate surface area is 207 Å². The van der Waals surface area contributed by atoms with E-state index in [1.165, 1.54) is 7.11 Å². The highest BCUT2D eigenvalue weighted by Crippen LogP contribution is 2.42. The van der Waals surface area contributed by atoms with E-state index in [0.717, 1.165) is 0 Å². The third kappa shape index (κ3) is 4.26. The highest BCUT2D eigenvalue weighted by Gasteiger charge is 2.31. The number of benzene rings is 3. The van der Waals surface area contributed by atoms with E-state index in [1.54, 1.807) is 49.6 Å². The fourth-order valence-electron chi connectivity index (χ4n) is 3.86. The number of ether oxygens (including phenoxy) is 5. The first-order valence-electron chi connectivity index (χ1n) is 11.0. The van der Waals surface area contributed by atoms with Gasteiger partial charge < -0.3 is 23.7 Å². The van der Waals surface area contributed by atoms with Gasteiger partial charge in [0.2, 0.25) is 5.90 Å². The largest absolute Gasteiger partial charge is 0.497 e. The van der Waals surface area contributed by atoms with E-state index in [4.69, 9.17) is 28.9 Å². The normalized spacial score (nSPS) is 16.1. The Morgan fingerprint density at radius 1 is 0.917 bits per heavy atom. The second-order valence-corrected chi connectivity index (χ2v) is 7.72. The van der Waals surface area contributed by atoms with Gasteiger partial charge in [-0.1, -0.05) is 18.2 Å². The number of nitriles is 1. The van der Waals surface area contributed by atoms with Gasteiger partial charge in [-0.2, -0.15) is 5.26 Å². The molecule has 178 valence electrons. The minimum Gasteiger partial charge on any atom is -0.497 e.